The first kappa shape index (κ1) is 11.1. The molecule has 0 unspecified atom stereocenters. The Morgan fingerprint density at radius 1 is 1.62 bits per heavy atom. The van der Waals surface area contributed by atoms with Crippen molar-refractivity contribution in [1.82, 2.24) is 20.5 Å². The van der Waals surface area contributed by atoms with E-state index in [1.165, 1.54) is 0 Å². The van der Waals surface area contributed by atoms with Crippen LogP contribution in [0.3, 0.4) is 0 Å². The summed E-state index contributed by atoms with van der Waals surface area (Å²) in [5, 5.41) is 9.31. The number of carbonyl (C=O) groups excluding carboxylic acids is 1. The van der Waals surface area contributed by atoms with Crippen LogP contribution >= 0.6 is 0 Å². The standard InChI is InChI=1S/C10H16N4O2/c1-3-16-8-4-7(5-8)12-10(15)9-11-6(2)13-14-9/h7-8H,3-5H2,1-2H3,(H,12,15)(H,11,13,14). The van der Waals surface area contributed by atoms with E-state index in [1.807, 2.05) is 6.92 Å². The van der Waals surface area contributed by atoms with Crippen LogP contribution in [-0.2, 0) is 4.74 Å². The highest BCUT2D eigenvalue weighted by Gasteiger charge is 2.31. The fourth-order valence-electron chi connectivity index (χ4n) is 1.75. The Balaban J connectivity index is 1.77. The second kappa shape index (κ2) is 4.61. The van der Waals surface area contributed by atoms with Crippen molar-refractivity contribution >= 4 is 5.91 Å². The molecule has 2 rings (SSSR count). The Labute approximate surface area is 93.8 Å². The maximum Gasteiger partial charge on any atom is 0.291 e. The van der Waals surface area contributed by atoms with Crippen LogP contribution in [0, 0.1) is 6.92 Å². The smallest absolute Gasteiger partial charge is 0.291 e. The molecule has 6 nitrogen and oxygen atoms in total. The van der Waals surface area contributed by atoms with E-state index < -0.39 is 0 Å². The van der Waals surface area contributed by atoms with Gasteiger partial charge in [0, 0.05) is 12.6 Å². The molecule has 1 aliphatic rings. The van der Waals surface area contributed by atoms with Gasteiger partial charge in [0.2, 0.25) is 5.82 Å². The van der Waals surface area contributed by atoms with Crippen LogP contribution in [-0.4, -0.2) is 39.8 Å². The lowest BCUT2D eigenvalue weighted by Gasteiger charge is -2.34. The van der Waals surface area contributed by atoms with Gasteiger partial charge in [-0.3, -0.25) is 9.89 Å². The van der Waals surface area contributed by atoms with Crippen molar-refractivity contribution < 1.29 is 9.53 Å². The quantitative estimate of drug-likeness (QED) is 0.776. The van der Waals surface area contributed by atoms with E-state index in [2.05, 4.69) is 20.5 Å². The number of hydrogen-bond donors (Lipinski definition) is 2. The molecule has 0 aliphatic heterocycles. The van der Waals surface area contributed by atoms with E-state index in [4.69, 9.17) is 4.74 Å². The van der Waals surface area contributed by atoms with Gasteiger partial charge in [-0.1, -0.05) is 0 Å². The number of nitrogens with zero attached hydrogens (tertiary/aromatic N) is 2. The van der Waals surface area contributed by atoms with Gasteiger partial charge in [0.25, 0.3) is 5.91 Å². The van der Waals surface area contributed by atoms with Crippen molar-refractivity contribution in [1.29, 1.82) is 0 Å². The molecule has 0 spiro atoms. The molecule has 6 heteroatoms. The summed E-state index contributed by atoms with van der Waals surface area (Å²) in [5.41, 5.74) is 0. The SMILES string of the molecule is CCOC1CC(NC(=O)c2n[nH]c(C)n2)C1. The van der Waals surface area contributed by atoms with E-state index in [0.29, 0.717) is 11.9 Å². The van der Waals surface area contributed by atoms with E-state index in [1.54, 1.807) is 6.92 Å². The van der Waals surface area contributed by atoms with Crippen LogP contribution in [0.25, 0.3) is 0 Å². The fraction of sp³-hybridized carbons (Fsp3) is 0.700. The van der Waals surface area contributed by atoms with E-state index >= 15 is 0 Å². The molecule has 1 saturated carbocycles. The Bertz CT molecular complexity index is 371. The zero-order chi connectivity index (χ0) is 11.5. The lowest BCUT2D eigenvalue weighted by molar-refractivity contribution is -0.00871. The summed E-state index contributed by atoms with van der Waals surface area (Å²) in [5.74, 6) is 0.632. The van der Waals surface area contributed by atoms with Crippen molar-refractivity contribution in [2.75, 3.05) is 6.61 Å². The molecule has 16 heavy (non-hydrogen) atoms. The lowest BCUT2D eigenvalue weighted by atomic mass is 9.89. The predicted octanol–water partition coefficient (Wildman–Crippen LogP) is 0.410. The number of aryl methyl sites for hydroxylation is 1. The molecule has 1 amide bonds. The molecule has 0 bridgehead atoms. The van der Waals surface area contributed by atoms with Crippen LogP contribution in [0.4, 0.5) is 0 Å². The number of hydrogen-bond acceptors (Lipinski definition) is 4. The van der Waals surface area contributed by atoms with Crippen LogP contribution in [0.5, 0.6) is 0 Å². The van der Waals surface area contributed by atoms with Crippen molar-refractivity contribution in [2.24, 2.45) is 0 Å². The number of nitrogens with one attached hydrogen (secondary N) is 2. The summed E-state index contributed by atoms with van der Waals surface area (Å²) in [6.45, 7) is 4.46. The highest BCUT2D eigenvalue weighted by Crippen LogP contribution is 2.23. The van der Waals surface area contributed by atoms with Gasteiger partial charge in [-0.25, -0.2) is 4.98 Å². The Morgan fingerprint density at radius 3 is 2.94 bits per heavy atom. The number of rotatable bonds is 4. The topological polar surface area (TPSA) is 79.9 Å². The number of aromatic amines is 1. The monoisotopic (exact) mass is 224 g/mol. The third-order valence-corrected chi connectivity index (χ3v) is 2.63. The lowest BCUT2D eigenvalue weighted by Crippen LogP contribution is -2.48. The molecule has 0 saturated heterocycles. The summed E-state index contributed by atoms with van der Waals surface area (Å²) >= 11 is 0. The van der Waals surface area contributed by atoms with E-state index in [9.17, 15) is 4.79 Å². The van der Waals surface area contributed by atoms with Crippen molar-refractivity contribution in [3.8, 4) is 0 Å². The third kappa shape index (κ3) is 2.38. The number of ether oxygens (including phenoxy) is 1. The zero-order valence-corrected chi connectivity index (χ0v) is 9.49. The zero-order valence-electron chi connectivity index (χ0n) is 9.49. The summed E-state index contributed by atoms with van der Waals surface area (Å²) in [4.78, 5) is 15.6. The molecule has 1 fully saturated rings. The van der Waals surface area contributed by atoms with Gasteiger partial charge in [0.1, 0.15) is 5.82 Å². The molecular weight excluding hydrogens is 208 g/mol. The van der Waals surface area contributed by atoms with Crippen LogP contribution in [0.15, 0.2) is 0 Å². The first-order chi connectivity index (χ1) is 7.69. The minimum atomic E-state index is -0.218. The Hall–Kier alpha value is -1.43. The Morgan fingerprint density at radius 2 is 2.38 bits per heavy atom. The highest BCUT2D eigenvalue weighted by molar-refractivity contribution is 5.90. The fourth-order valence-corrected chi connectivity index (χ4v) is 1.75. The van der Waals surface area contributed by atoms with E-state index in [-0.39, 0.29) is 17.8 Å². The molecule has 1 heterocycles. The third-order valence-electron chi connectivity index (χ3n) is 2.63. The molecule has 0 aromatic carbocycles. The molecule has 1 aromatic heterocycles. The molecule has 1 aromatic rings. The number of aromatic nitrogens is 3. The van der Waals surface area contributed by atoms with Gasteiger partial charge < -0.3 is 10.1 Å². The summed E-state index contributed by atoms with van der Waals surface area (Å²) in [6, 6.07) is 0.197. The van der Waals surface area contributed by atoms with Gasteiger partial charge in [-0.05, 0) is 26.7 Å². The summed E-state index contributed by atoms with van der Waals surface area (Å²) < 4.78 is 5.41. The molecule has 0 atom stereocenters. The number of H-pyrrole nitrogens is 1. The summed E-state index contributed by atoms with van der Waals surface area (Å²) in [6.07, 6.45) is 2.05. The minimum Gasteiger partial charge on any atom is -0.378 e. The van der Waals surface area contributed by atoms with Crippen LogP contribution < -0.4 is 5.32 Å². The van der Waals surface area contributed by atoms with Crippen molar-refractivity contribution in [2.45, 2.75) is 38.8 Å². The minimum absolute atomic E-state index is 0.197. The Kier molecular flexibility index (Phi) is 3.19. The second-order valence-corrected chi connectivity index (χ2v) is 3.96. The average molecular weight is 224 g/mol. The molecule has 88 valence electrons. The summed E-state index contributed by atoms with van der Waals surface area (Å²) in [7, 11) is 0. The first-order valence-electron chi connectivity index (χ1n) is 5.50. The molecular formula is C10H16N4O2. The normalized spacial score (nSPS) is 23.9. The maximum absolute atomic E-state index is 11.6. The van der Waals surface area contributed by atoms with Crippen LogP contribution in [0.2, 0.25) is 0 Å². The van der Waals surface area contributed by atoms with Gasteiger partial charge in [0.15, 0.2) is 0 Å². The van der Waals surface area contributed by atoms with Gasteiger partial charge >= 0.3 is 0 Å². The average Bonchev–Trinajstić information content (AvgIpc) is 2.61. The van der Waals surface area contributed by atoms with Crippen molar-refractivity contribution in [3.63, 3.8) is 0 Å². The maximum atomic E-state index is 11.6. The van der Waals surface area contributed by atoms with Gasteiger partial charge in [-0.2, -0.15) is 0 Å². The number of amides is 1. The highest BCUT2D eigenvalue weighted by atomic mass is 16.5. The van der Waals surface area contributed by atoms with Gasteiger partial charge in [0.05, 0.1) is 6.10 Å². The molecule has 2 N–H and O–H groups in total. The molecule has 0 radical (unpaired) electrons. The predicted molar refractivity (Wildman–Crippen MR) is 57.0 cm³/mol. The van der Waals surface area contributed by atoms with E-state index in [0.717, 1.165) is 19.4 Å². The molecule has 1 aliphatic carbocycles. The van der Waals surface area contributed by atoms with Crippen LogP contribution in [0.1, 0.15) is 36.2 Å². The second-order valence-electron chi connectivity index (χ2n) is 3.96. The largest absolute Gasteiger partial charge is 0.378 e. The van der Waals surface area contributed by atoms with Gasteiger partial charge in [-0.15, -0.1) is 5.10 Å². The first-order valence-corrected chi connectivity index (χ1v) is 5.50. The van der Waals surface area contributed by atoms with Crippen molar-refractivity contribution in [3.05, 3.63) is 11.6 Å². The number of carbonyl (C=O) groups is 1.